The molecule has 6 rings (SSSR count). The van der Waals surface area contributed by atoms with Crippen molar-refractivity contribution in [1.82, 2.24) is 25.4 Å². The number of alkyl carbamates (subject to hydrolysis) is 1. The van der Waals surface area contributed by atoms with Crippen LogP contribution in [0.25, 0.3) is 11.1 Å². The predicted molar refractivity (Wildman–Crippen MR) is 201 cm³/mol. The lowest BCUT2D eigenvalue weighted by Gasteiger charge is -2.29. The fourth-order valence-corrected chi connectivity index (χ4v) is 7.51. The second-order valence-corrected chi connectivity index (χ2v) is 14.6. The Bertz CT molecular complexity index is 1850. The predicted octanol–water partition coefficient (Wildman–Crippen LogP) is 4.82. The Hall–Kier alpha value is -5.28. The first kappa shape index (κ1) is 38.4. The second kappa shape index (κ2) is 18.7. The van der Waals surface area contributed by atoms with E-state index in [0.29, 0.717) is 43.6 Å². The van der Waals surface area contributed by atoms with Crippen LogP contribution in [-0.4, -0.2) is 95.0 Å². The Morgan fingerprint density at radius 3 is 2.44 bits per heavy atom. The van der Waals surface area contributed by atoms with Crippen molar-refractivity contribution in [2.45, 2.75) is 82.2 Å². The average molecular weight is 759 g/mol. The van der Waals surface area contributed by atoms with E-state index < -0.39 is 54.0 Å². The molecule has 0 aliphatic carbocycles. The number of para-hydroxylation sites is 2. The van der Waals surface area contributed by atoms with E-state index in [2.05, 4.69) is 15.6 Å². The number of fused-ring (bicyclic) bond motifs is 1. The standard InChI is InChI=1S/C39H46N6O8S/c40-18-8-7-16-30(34(46)36-42-29-15-5-6-17-33(29)53-36)41-35(47)32-22-27(52-39(50)44-19-9-2-10-20-44)24-45(32)37(48)31(23-28-14-11-21-54-28)43-38(49)51-25-26-12-3-1-4-13-26/h1,3-6,11-15,17,21,27,30-32H,2,7-10,16,18-20,22-25,40H2,(H,41,47)(H,43,49)/t27-,30+,31-,32+/m1/s1. The second-order valence-electron chi connectivity index (χ2n) is 13.5. The summed E-state index contributed by atoms with van der Waals surface area (Å²) in [5, 5.41) is 7.45. The molecule has 2 fully saturated rings. The first-order chi connectivity index (χ1) is 26.3. The third-order valence-electron chi connectivity index (χ3n) is 9.60. The van der Waals surface area contributed by atoms with Crippen LogP contribution in [0.15, 0.2) is 76.5 Å². The van der Waals surface area contributed by atoms with Crippen LogP contribution < -0.4 is 16.4 Å². The van der Waals surface area contributed by atoms with Crippen LogP contribution >= 0.6 is 11.3 Å². The zero-order chi connectivity index (χ0) is 37.9. The van der Waals surface area contributed by atoms with Crippen LogP contribution in [0.1, 0.15) is 66.1 Å². The quantitative estimate of drug-likeness (QED) is 0.112. The van der Waals surface area contributed by atoms with Crippen molar-refractivity contribution >= 4 is 52.2 Å². The highest BCUT2D eigenvalue weighted by Crippen LogP contribution is 2.26. The van der Waals surface area contributed by atoms with Gasteiger partial charge in [-0.05, 0) is 74.2 Å². The van der Waals surface area contributed by atoms with Gasteiger partial charge in [0.1, 0.15) is 30.3 Å². The molecule has 4 N–H and O–H groups in total. The maximum atomic E-state index is 14.5. The Labute approximate surface area is 317 Å². The molecule has 2 saturated heterocycles. The van der Waals surface area contributed by atoms with Gasteiger partial charge >= 0.3 is 12.2 Å². The van der Waals surface area contributed by atoms with E-state index in [4.69, 9.17) is 19.6 Å². The molecule has 14 nitrogen and oxygen atoms in total. The number of aromatic nitrogens is 1. The van der Waals surface area contributed by atoms with Gasteiger partial charge in [-0.25, -0.2) is 14.6 Å². The molecule has 15 heteroatoms. The molecular weight excluding hydrogens is 713 g/mol. The van der Waals surface area contributed by atoms with Crippen LogP contribution in [0.3, 0.4) is 0 Å². The molecule has 0 saturated carbocycles. The van der Waals surface area contributed by atoms with E-state index in [1.165, 1.54) is 16.2 Å². The maximum Gasteiger partial charge on any atom is 0.410 e. The highest BCUT2D eigenvalue weighted by Gasteiger charge is 2.45. The number of benzene rings is 2. The number of nitrogens with one attached hydrogen (secondary N) is 2. The number of piperidine rings is 1. The van der Waals surface area contributed by atoms with E-state index in [0.717, 1.165) is 29.7 Å². The summed E-state index contributed by atoms with van der Waals surface area (Å²) in [6.07, 6.45) is 2.19. The number of hydrogen-bond acceptors (Lipinski definition) is 11. The summed E-state index contributed by atoms with van der Waals surface area (Å²) in [4.78, 5) is 77.0. The number of ketones is 1. The number of nitrogens with two attached hydrogens (primary N) is 1. The molecule has 2 aromatic heterocycles. The molecule has 2 aromatic carbocycles. The molecule has 0 unspecified atom stereocenters. The van der Waals surface area contributed by atoms with E-state index in [9.17, 15) is 24.0 Å². The minimum absolute atomic E-state index is 0.00445. The zero-order valence-corrected chi connectivity index (χ0v) is 30.8. The molecule has 2 aliphatic heterocycles. The number of ether oxygens (including phenoxy) is 2. The van der Waals surface area contributed by atoms with Gasteiger partial charge in [-0.1, -0.05) is 48.5 Å². The van der Waals surface area contributed by atoms with Gasteiger partial charge < -0.3 is 40.1 Å². The van der Waals surface area contributed by atoms with Crippen LogP contribution in [0, 0.1) is 0 Å². The average Bonchev–Trinajstić information content (AvgIpc) is 3.97. The van der Waals surface area contributed by atoms with E-state index in [-0.39, 0.29) is 38.3 Å². The lowest BCUT2D eigenvalue weighted by atomic mass is 10.0. The normalized spacial score (nSPS) is 18.2. The van der Waals surface area contributed by atoms with Gasteiger partial charge in [-0.2, -0.15) is 0 Å². The number of carbonyl (C=O) groups is 5. The zero-order valence-electron chi connectivity index (χ0n) is 30.0. The van der Waals surface area contributed by atoms with Gasteiger partial charge in [0.25, 0.3) is 5.89 Å². The Kier molecular flexibility index (Phi) is 13.3. The minimum Gasteiger partial charge on any atom is -0.445 e. The number of unbranched alkanes of at least 4 members (excludes halogenated alkanes) is 1. The van der Waals surface area contributed by atoms with Gasteiger partial charge in [-0.3, -0.25) is 14.4 Å². The van der Waals surface area contributed by atoms with Crippen LogP contribution in [0.2, 0.25) is 0 Å². The summed E-state index contributed by atoms with van der Waals surface area (Å²) in [5.74, 6) is -1.82. The largest absolute Gasteiger partial charge is 0.445 e. The van der Waals surface area contributed by atoms with Crippen LogP contribution in [0.4, 0.5) is 9.59 Å². The molecule has 4 amide bonds. The van der Waals surface area contributed by atoms with Gasteiger partial charge in [0, 0.05) is 30.8 Å². The molecule has 2 aliphatic rings. The van der Waals surface area contributed by atoms with E-state index in [1.54, 1.807) is 29.2 Å². The number of oxazole rings is 1. The molecule has 0 spiro atoms. The maximum absolute atomic E-state index is 14.5. The lowest BCUT2D eigenvalue weighted by Crippen LogP contribution is -2.56. The van der Waals surface area contributed by atoms with Gasteiger partial charge in [0.05, 0.1) is 12.6 Å². The monoisotopic (exact) mass is 758 g/mol. The number of thiophene rings is 1. The highest BCUT2D eigenvalue weighted by molar-refractivity contribution is 7.09. The summed E-state index contributed by atoms with van der Waals surface area (Å²) in [5.41, 5.74) is 7.46. The Morgan fingerprint density at radius 2 is 1.70 bits per heavy atom. The molecule has 286 valence electrons. The van der Waals surface area contributed by atoms with Crippen molar-refractivity contribution < 1.29 is 37.9 Å². The van der Waals surface area contributed by atoms with Gasteiger partial charge in [0.2, 0.25) is 17.6 Å². The van der Waals surface area contributed by atoms with Gasteiger partial charge in [0.15, 0.2) is 5.58 Å². The molecule has 4 heterocycles. The number of rotatable bonds is 15. The van der Waals surface area contributed by atoms with Crippen LogP contribution in [0.5, 0.6) is 0 Å². The highest BCUT2D eigenvalue weighted by atomic mass is 32.1. The van der Waals surface area contributed by atoms with Gasteiger partial charge in [-0.15, -0.1) is 11.3 Å². The van der Waals surface area contributed by atoms with E-state index >= 15 is 0 Å². The molecular formula is C39H46N6O8S. The fourth-order valence-electron chi connectivity index (χ4n) is 6.76. The Morgan fingerprint density at radius 1 is 0.926 bits per heavy atom. The molecule has 4 aromatic rings. The summed E-state index contributed by atoms with van der Waals surface area (Å²) >= 11 is 1.42. The van der Waals surface area contributed by atoms with E-state index in [1.807, 2.05) is 47.8 Å². The molecule has 0 radical (unpaired) electrons. The van der Waals surface area contributed by atoms with Crippen molar-refractivity contribution in [2.75, 3.05) is 26.2 Å². The Balaban J connectivity index is 1.23. The number of hydrogen-bond donors (Lipinski definition) is 3. The summed E-state index contributed by atoms with van der Waals surface area (Å²) in [6, 6.07) is 16.6. The third-order valence-corrected chi connectivity index (χ3v) is 10.5. The first-order valence-corrected chi connectivity index (χ1v) is 19.3. The molecule has 4 atom stereocenters. The number of nitrogens with zero attached hydrogens (tertiary/aromatic N) is 3. The fraction of sp³-hybridized carbons (Fsp3) is 0.436. The van der Waals surface area contributed by atoms with Crippen LogP contribution in [-0.2, 0) is 32.1 Å². The molecule has 54 heavy (non-hydrogen) atoms. The number of Topliss-reactive ketones (excluding diaryl/α,β-unsaturated/α-hetero) is 1. The summed E-state index contributed by atoms with van der Waals surface area (Å²) in [6.45, 7) is 1.45. The summed E-state index contributed by atoms with van der Waals surface area (Å²) < 4.78 is 17.1. The third kappa shape index (κ3) is 10.0. The lowest BCUT2D eigenvalue weighted by molar-refractivity contribution is -0.140. The number of carbonyl (C=O) groups excluding carboxylic acids is 5. The van der Waals surface area contributed by atoms with Crippen molar-refractivity contribution in [3.05, 3.63) is 88.4 Å². The minimum atomic E-state index is -1.13. The number of amides is 4. The summed E-state index contributed by atoms with van der Waals surface area (Å²) in [7, 11) is 0. The molecule has 0 bridgehead atoms. The number of likely N-dealkylation sites (tertiary alicyclic amines) is 2. The topological polar surface area (TPSA) is 186 Å². The van der Waals surface area contributed by atoms with Crippen molar-refractivity contribution in [1.29, 1.82) is 0 Å². The van der Waals surface area contributed by atoms with Crippen molar-refractivity contribution in [2.24, 2.45) is 5.73 Å². The first-order valence-electron chi connectivity index (χ1n) is 18.4. The smallest absolute Gasteiger partial charge is 0.410 e. The van der Waals surface area contributed by atoms with Crippen molar-refractivity contribution in [3.63, 3.8) is 0 Å². The SMILES string of the molecule is NCCCC[C@H](NC(=O)[C@@H]1C[C@@H](OC(=O)N2CCCCC2)CN1C(=O)[C@@H](Cc1cccs1)NC(=O)OCc1ccccc1)C(=O)c1nc2ccccc2o1. The van der Waals surface area contributed by atoms with Crippen molar-refractivity contribution in [3.8, 4) is 0 Å².